The zero-order valence-corrected chi connectivity index (χ0v) is 15.5. The van der Waals surface area contributed by atoms with Crippen LogP contribution >= 0.6 is 15.9 Å². The molecule has 0 spiro atoms. The number of benzene rings is 2. The number of amides is 2. The van der Waals surface area contributed by atoms with Gasteiger partial charge < -0.3 is 5.32 Å². The van der Waals surface area contributed by atoms with Gasteiger partial charge in [-0.3, -0.25) is 9.59 Å². The van der Waals surface area contributed by atoms with Crippen molar-refractivity contribution in [3.63, 3.8) is 0 Å². The Morgan fingerprint density at radius 2 is 1.77 bits per heavy atom. The average Bonchev–Trinajstić information content (AvgIpc) is 3.05. The second kappa shape index (κ2) is 8.58. The first-order chi connectivity index (χ1) is 12.6. The summed E-state index contributed by atoms with van der Waals surface area (Å²) in [6.45, 7) is 0.447. The molecule has 0 aromatic heterocycles. The van der Waals surface area contributed by atoms with Crippen LogP contribution in [0.15, 0.2) is 70.2 Å². The first-order valence-corrected chi connectivity index (χ1v) is 9.02. The van der Waals surface area contributed by atoms with Gasteiger partial charge in [-0.25, -0.2) is 5.43 Å². The summed E-state index contributed by atoms with van der Waals surface area (Å²) in [6.07, 6.45) is 3.37. The van der Waals surface area contributed by atoms with Gasteiger partial charge in [-0.15, -0.1) is 0 Å². The monoisotopic (exact) mass is 411 g/mol. The van der Waals surface area contributed by atoms with Gasteiger partial charge in [-0.2, -0.15) is 5.10 Å². The Labute approximate surface area is 160 Å². The molecule has 0 bridgehead atoms. The number of carbonyl (C=O) groups is 2. The highest BCUT2D eigenvalue weighted by Crippen LogP contribution is 2.28. The van der Waals surface area contributed by atoms with Gasteiger partial charge >= 0.3 is 0 Å². The molecule has 2 N–H and O–H groups in total. The van der Waals surface area contributed by atoms with E-state index in [2.05, 4.69) is 31.8 Å². The van der Waals surface area contributed by atoms with Crippen molar-refractivity contribution in [1.29, 1.82) is 0 Å². The molecule has 3 rings (SSSR count). The fraction of sp³-hybridized carbons (Fsp3) is 0.150. The molecule has 2 aromatic carbocycles. The van der Waals surface area contributed by atoms with Crippen molar-refractivity contribution in [2.24, 2.45) is 11.0 Å². The summed E-state index contributed by atoms with van der Waals surface area (Å²) in [4.78, 5) is 24.6. The SMILES string of the molecule is O=C1NCC(c2ccccc2)C1C(=O)NN=CC(Br)=Cc1ccccc1. The molecule has 1 saturated heterocycles. The maximum absolute atomic E-state index is 12.5. The molecular weight excluding hydrogens is 394 g/mol. The van der Waals surface area contributed by atoms with Crippen LogP contribution in [0.2, 0.25) is 0 Å². The molecular formula is C20H18BrN3O2. The van der Waals surface area contributed by atoms with Gasteiger partial charge in [-0.1, -0.05) is 60.7 Å². The molecule has 1 aliphatic rings. The van der Waals surface area contributed by atoms with Crippen molar-refractivity contribution < 1.29 is 9.59 Å². The third kappa shape index (κ3) is 4.46. The summed E-state index contributed by atoms with van der Waals surface area (Å²) in [5.74, 6) is -1.66. The van der Waals surface area contributed by atoms with Gasteiger partial charge in [0.1, 0.15) is 5.92 Å². The summed E-state index contributed by atoms with van der Waals surface area (Å²) in [5, 5.41) is 6.71. The highest BCUT2D eigenvalue weighted by molar-refractivity contribution is 9.12. The number of nitrogens with zero attached hydrogens (tertiary/aromatic N) is 1. The zero-order valence-electron chi connectivity index (χ0n) is 13.9. The molecule has 2 amide bonds. The number of halogens is 1. The third-order valence-corrected chi connectivity index (χ3v) is 4.59. The second-order valence-electron chi connectivity index (χ2n) is 5.91. The minimum atomic E-state index is -0.786. The molecule has 0 radical (unpaired) electrons. The molecule has 0 saturated carbocycles. The van der Waals surface area contributed by atoms with Crippen molar-refractivity contribution in [3.8, 4) is 0 Å². The van der Waals surface area contributed by atoms with Gasteiger partial charge in [0.05, 0.1) is 6.21 Å². The van der Waals surface area contributed by atoms with E-state index in [0.717, 1.165) is 11.1 Å². The van der Waals surface area contributed by atoms with Crippen molar-refractivity contribution in [3.05, 3.63) is 76.3 Å². The van der Waals surface area contributed by atoms with E-state index in [1.807, 2.05) is 66.7 Å². The van der Waals surface area contributed by atoms with E-state index >= 15 is 0 Å². The van der Waals surface area contributed by atoms with E-state index in [1.165, 1.54) is 6.21 Å². The van der Waals surface area contributed by atoms with Crippen LogP contribution in [-0.2, 0) is 9.59 Å². The van der Waals surface area contributed by atoms with Gasteiger partial charge in [-0.05, 0) is 33.1 Å². The lowest BCUT2D eigenvalue weighted by Gasteiger charge is -2.15. The van der Waals surface area contributed by atoms with Crippen molar-refractivity contribution in [1.82, 2.24) is 10.7 Å². The molecule has 0 aliphatic carbocycles. The maximum Gasteiger partial charge on any atom is 0.253 e. The lowest BCUT2D eigenvalue weighted by molar-refractivity contribution is -0.133. The van der Waals surface area contributed by atoms with Crippen LogP contribution in [0.1, 0.15) is 17.0 Å². The van der Waals surface area contributed by atoms with Crippen LogP contribution in [0.25, 0.3) is 6.08 Å². The Bertz CT molecular complexity index is 835. The second-order valence-corrected chi connectivity index (χ2v) is 6.83. The van der Waals surface area contributed by atoms with E-state index in [0.29, 0.717) is 11.0 Å². The number of hydrogen-bond donors (Lipinski definition) is 2. The van der Waals surface area contributed by atoms with Gasteiger partial charge in [0.2, 0.25) is 5.91 Å². The molecule has 2 atom stereocenters. The fourth-order valence-corrected chi connectivity index (χ4v) is 3.27. The van der Waals surface area contributed by atoms with Crippen LogP contribution in [-0.4, -0.2) is 24.6 Å². The lowest BCUT2D eigenvalue weighted by Crippen LogP contribution is -2.34. The Hall–Kier alpha value is -2.73. The largest absolute Gasteiger partial charge is 0.355 e. The van der Waals surface area contributed by atoms with Crippen LogP contribution < -0.4 is 10.7 Å². The summed E-state index contributed by atoms with van der Waals surface area (Å²) >= 11 is 3.39. The van der Waals surface area contributed by atoms with Crippen molar-refractivity contribution in [2.45, 2.75) is 5.92 Å². The Balaban J connectivity index is 1.65. The van der Waals surface area contributed by atoms with Crippen LogP contribution in [0, 0.1) is 5.92 Å². The van der Waals surface area contributed by atoms with Crippen molar-refractivity contribution in [2.75, 3.05) is 6.54 Å². The highest BCUT2D eigenvalue weighted by atomic mass is 79.9. The first-order valence-electron chi connectivity index (χ1n) is 8.23. The summed E-state index contributed by atoms with van der Waals surface area (Å²) in [7, 11) is 0. The minimum Gasteiger partial charge on any atom is -0.355 e. The molecule has 1 fully saturated rings. The minimum absolute atomic E-state index is 0.192. The Kier molecular flexibility index (Phi) is 5.96. The maximum atomic E-state index is 12.5. The lowest BCUT2D eigenvalue weighted by atomic mass is 9.88. The quantitative estimate of drug-likeness (QED) is 0.450. The number of hydrazone groups is 1. The van der Waals surface area contributed by atoms with Crippen molar-refractivity contribution >= 4 is 40.0 Å². The average molecular weight is 412 g/mol. The third-order valence-electron chi connectivity index (χ3n) is 4.16. The predicted octanol–water partition coefficient (Wildman–Crippen LogP) is 3.05. The molecule has 5 nitrogen and oxygen atoms in total. The Morgan fingerprint density at radius 1 is 1.12 bits per heavy atom. The number of allylic oxidation sites excluding steroid dienone is 1. The zero-order chi connectivity index (χ0) is 18.4. The molecule has 26 heavy (non-hydrogen) atoms. The number of hydrogen-bond acceptors (Lipinski definition) is 3. The van der Waals surface area contributed by atoms with E-state index in [1.54, 1.807) is 0 Å². The highest BCUT2D eigenvalue weighted by Gasteiger charge is 2.40. The predicted molar refractivity (Wildman–Crippen MR) is 106 cm³/mol. The van der Waals surface area contributed by atoms with Gasteiger partial charge in [0.25, 0.3) is 5.91 Å². The molecule has 2 aromatic rings. The van der Waals surface area contributed by atoms with E-state index in [-0.39, 0.29) is 11.8 Å². The first kappa shape index (κ1) is 18.1. The smallest absolute Gasteiger partial charge is 0.253 e. The summed E-state index contributed by atoms with van der Waals surface area (Å²) < 4.78 is 0.708. The Morgan fingerprint density at radius 3 is 2.46 bits per heavy atom. The van der Waals surface area contributed by atoms with E-state index in [9.17, 15) is 9.59 Å². The number of carbonyl (C=O) groups excluding carboxylic acids is 2. The summed E-state index contributed by atoms with van der Waals surface area (Å²) in [5.41, 5.74) is 4.44. The number of rotatable bonds is 5. The molecule has 2 unspecified atom stereocenters. The van der Waals surface area contributed by atoms with Crippen LogP contribution in [0.4, 0.5) is 0 Å². The van der Waals surface area contributed by atoms with Gasteiger partial charge in [0.15, 0.2) is 0 Å². The molecule has 1 heterocycles. The standard InChI is InChI=1S/C20H18BrN3O2/c21-16(11-14-7-3-1-4-8-14)12-23-24-20(26)18-17(13-22-19(18)25)15-9-5-2-6-10-15/h1-12,17-18H,13H2,(H,22,25)(H,24,26). The molecule has 132 valence electrons. The van der Waals surface area contributed by atoms with Crippen LogP contribution in [0.3, 0.4) is 0 Å². The van der Waals surface area contributed by atoms with Crippen LogP contribution in [0.5, 0.6) is 0 Å². The summed E-state index contributed by atoms with van der Waals surface area (Å²) in [6, 6.07) is 19.3. The molecule has 1 aliphatic heterocycles. The topological polar surface area (TPSA) is 70.6 Å². The van der Waals surface area contributed by atoms with Gasteiger partial charge in [0, 0.05) is 16.9 Å². The normalized spacial score (nSPS) is 20.2. The fourth-order valence-electron chi connectivity index (χ4n) is 2.91. The molecule has 6 heteroatoms. The number of nitrogens with one attached hydrogen (secondary N) is 2. The van der Waals surface area contributed by atoms with E-state index in [4.69, 9.17) is 0 Å². The van der Waals surface area contributed by atoms with E-state index < -0.39 is 11.8 Å².